The topological polar surface area (TPSA) is 117 Å². The Kier molecular flexibility index (Phi) is 7.26. The Morgan fingerprint density at radius 3 is 2.30 bits per heavy atom. The normalized spacial score (nSPS) is 16.5. The molecule has 2 N–H and O–H groups in total. The van der Waals surface area contributed by atoms with E-state index in [-0.39, 0.29) is 17.6 Å². The molecule has 1 saturated heterocycles. The maximum Gasteiger partial charge on any atom is 0.490 e. The number of carboxylic acids is 2. The Morgan fingerprint density at radius 2 is 1.68 bits per heavy atom. The molecule has 2 aliphatic heterocycles. The summed E-state index contributed by atoms with van der Waals surface area (Å²) < 4.78 is 43.5. The number of hydrogen-bond donors (Lipinski definition) is 2. The SMILES string of the molecule is O=C(O)C(F)(F)F.O=C(O)CCN1CCC2(CC1)COc1cc(C(=O)c3cc4ccccc4o3)ccc12. The quantitative estimate of drug-likeness (QED) is 0.474. The minimum absolute atomic E-state index is 0.0456. The van der Waals surface area contributed by atoms with E-state index in [1.54, 1.807) is 6.07 Å². The van der Waals surface area contributed by atoms with Crippen LogP contribution in [0, 0.1) is 0 Å². The number of carbonyl (C=O) groups is 3. The van der Waals surface area contributed by atoms with E-state index in [0.717, 1.165) is 42.6 Å². The average molecular weight is 519 g/mol. The summed E-state index contributed by atoms with van der Waals surface area (Å²) in [5.41, 5.74) is 2.37. The summed E-state index contributed by atoms with van der Waals surface area (Å²) in [5.74, 6) is -2.56. The molecular formula is C26H24F3NO7. The molecule has 1 fully saturated rings. The number of para-hydroxylation sites is 1. The Balaban J connectivity index is 0.000000405. The van der Waals surface area contributed by atoms with Crippen molar-refractivity contribution in [3.63, 3.8) is 0 Å². The highest BCUT2D eigenvalue weighted by Crippen LogP contribution is 2.46. The van der Waals surface area contributed by atoms with Gasteiger partial charge in [-0.2, -0.15) is 13.2 Å². The van der Waals surface area contributed by atoms with Gasteiger partial charge in [-0.3, -0.25) is 9.59 Å². The molecule has 0 amide bonds. The number of halogens is 3. The standard InChI is InChI=1S/C24H23NO5.C2HF3O2/c26-22(27)7-10-25-11-8-24(9-12-25)15-29-20-14-17(5-6-18(20)24)23(28)21-13-16-3-1-2-4-19(16)30-21;3-2(4,5)1(6)7/h1-6,13-14H,7-12,15H2,(H,26,27);(H,6,7). The van der Waals surface area contributed by atoms with Crippen LogP contribution >= 0.6 is 0 Å². The van der Waals surface area contributed by atoms with Crippen LogP contribution in [0.5, 0.6) is 5.75 Å². The highest BCUT2D eigenvalue weighted by atomic mass is 19.4. The third-order valence-electron chi connectivity index (χ3n) is 6.67. The van der Waals surface area contributed by atoms with E-state index >= 15 is 0 Å². The predicted molar refractivity (Wildman–Crippen MR) is 125 cm³/mol. The summed E-state index contributed by atoms with van der Waals surface area (Å²) in [5, 5.41) is 16.9. The number of hydrogen-bond acceptors (Lipinski definition) is 6. The predicted octanol–water partition coefficient (Wildman–Crippen LogP) is 4.50. The fourth-order valence-corrected chi connectivity index (χ4v) is 4.62. The fraction of sp³-hybridized carbons (Fsp3) is 0.346. The number of nitrogens with zero attached hydrogens (tertiary/aromatic N) is 1. The van der Waals surface area contributed by atoms with Crippen LogP contribution < -0.4 is 4.74 Å². The van der Waals surface area contributed by atoms with E-state index in [2.05, 4.69) is 4.90 Å². The second-order valence-electron chi connectivity index (χ2n) is 9.05. The van der Waals surface area contributed by atoms with Crippen molar-refractivity contribution in [3.05, 3.63) is 65.4 Å². The van der Waals surface area contributed by atoms with E-state index in [0.29, 0.717) is 30.1 Å². The van der Waals surface area contributed by atoms with Gasteiger partial charge in [0.1, 0.15) is 11.3 Å². The fourth-order valence-electron chi connectivity index (χ4n) is 4.62. The number of carboxylic acid groups (broad SMARTS) is 2. The number of ether oxygens (including phenoxy) is 1. The van der Waals surface area contributed by atoms with Gasteiger partial charge in [0, 0.05) is 28.5 Å². The zero-order valence-corrected chi connectivity index (χ0v) is 19.6. The maximum atomic E-state index is 12.9. The number of aliphatic carboxylic acids is 2. The van der Waals surface area contributed by atoms with E-state index in [9.17, 15) is 22.8 Å². The van der Waals surface area contributed by atoms with Crippen molar-refractivity contribution in [2.24, 2.45) is 0 Å². The van der Waals surface area contributed by atoms with Gasteiger partial charge in [-0.05, 0) is 44.1 Å². The van der Waals surface area contributed by atoms with Gasteiger partial charge in [0.25, 0.3) is 0 Å². The monoisotopic (exact) mass is 519 g/mol. The molecule has 196 valence electrons. The molecule has 3 aromatic rings. The zero-order valence-electron chi connectivity index (χ0n) is 19.6. The van der Waals surface area contributed by atoms with Gasteiger partial charge in [-0.1, -0.05) is 30.3 Å². The van der Waals surface area contributed by atoms with Gasteiger partial charge >= 0.3 is 18.1 Å². The molecule has 0 atom stereocenters. The Hall–Kier alpha value is -3.86. The summed E-state index contributed by atoms with van der Waals surface area (Å²) in [4.78, 5) is 34.9. The molecular weight excluding hydrogens is 495 g/mol. The Bertz CT molecular complexity index is 1290. The molecule has 37 heavy (non-hydrogen) atoms. The number of ketones is 1. The van der Waals surface area contributed by atoms with Gasteiger partial charge in [0.05, 0.1) is 13.0 Å². The number of rotatable bonds is 5. The van der Waals surface area contributed by atoms with Crippen LogP contribution in [0.2, 0.25) is 0 Å². The lowest BCUT2D eigenvalue weighted by atomic mass is 9.74. The van der Waals surface area contributed by atoms with Crippen molar-refractivity contribution in [1.82, 2.24) is 4.90 Å². The zero-order chi connectivity index (χ0) is 26.8. The molecule has 3 heterocycles. The highest BCUT2D eigenvalue weighted by molar-refractivity contribution is 6.09. The third-order valence-corrected chi connectivity index (χ3v) is 6.67. The first-order chi connectivity index (χ1) is 17.5. The third kappa shape index (κ3) is 5.77. The molecule has 5 rings (SSSR count). The lowest BCUT2D eigenvalue weighted by Crippen LogP contribution is -2.44. The summed E-state index contributed by atoms with van der Waals surface area (Å²) in [6.07, 6.45) is -3.06. The molecule has 0 bridgehead atoms. The number of carbonyl (C=O) groups excluding carboxylic acids is 1. The first-order valence-electron chi connectivity index (χ1n) is 11.5. The van der Waals surface area contributed by atoms with Crippen LogP contribution in [0.4, 0.5) is 13.2 Å². The lowest BCUT2D eigenvalue weighted by molar-refractivity contribution is -0.192. The summed E-state index contributed by atoms with van der Waals surface area (Å²) >= 11 is 0. The first kappa shape index (κ1) is 26.2. The van der Waals surface area contributed by atoms with E-state index < -0.39 is 18.1 Å². The van der Waals surface area contributed by atoms with Crippen LogP contribution in [-0.2, 0) is 15.0 Å². The maximum absolute atomic E-state index is 12.9. The minimum Gasteiger partial charge on any atom is -0.492 e. The summed E-state index contributed by atoms with van der Waals surface area (Å²) in [7, 11) is 0. The van der Waals surface area contributed by atoms with Crippen molar-refractivity contribution in [1.29, 1.82) is 0 Å². The summed E-state index contributed by atoms with van der Waals surface area (Å²) in [6.45, 7) is 2.91. The lowest BCUT2D eigenvalue weighted by Gasteiger charge is -2.38. The van der Waals surface area contributed by atoms with Crippen LogP contribution in [0.1, 0.15) is 40.9 Å². The van der Waals surface area contributed by atoms with Crippen LogP contribution in [0.25, 0.3) is 11.0 Å². The second kappa shape index (κ2) is 10.3. The van der Waals surface area contributed by atoms with Crippen LogP contribution in [-0.4, -0.2) is 65.3 Å². The first-order valence-corrected chi connectivity index (χ1v) is 11.5. The van der Waals surface area contributed by atoms with Crippen LogP contribution in [0.15, 0.2) is 52.9 Å². The molecule has 0 saturated carbocycles. The minimum atomic E-state index is -5.08. The number of alkyl halides is 3. The molecule has 0 radical (unpaired) electrons. The number of piperidine rings is 1. The number of fused-ring (bicyclic) bond motifs is 3. The van der Waals surface area contributed by atoms with Crippen molar-refractivity contribution < 1.29 is 46.9 Å². The molecule has 0 aliphatic carbocycles. The van der Waals surface area contributed by atoms with E-state index in [1.807, 2.05) is 42.5 Å². The van der Waals surface area contributed by atoms with Gasteiger partial charge in [0.2, 0.25) is 5.78 Å². The highest BCUT2D eigenvalue weighted by Gasteiger charge is 2.43. The van der Waals surface area contributed by atoms with E-state index in [1.165, 1.54) is 0 Å². The van der Waals surface area contributed by atoms with Crippen molar-refractivity contribution in [2.45, 2.75) is 30.9 Å². The Morgan fingerprint density at radius 1 is 1.00 bits per heavy atom. The van der Waals surface area contributed by atoms with Crippen molar-refractivity contribution in [3.8, 4) is 5.75 Å². The van der Waals surface area contributed by atoms with E-state index in [4.69, 9.17) is 24.2 Å². The molecule has 2 aliphatic rings. The molecule has 2 aromatic carbocycles. The molecule has 11 heteroatoms. The van der Waals surface area contributed by atoms with Crippen molar-refractivity contribution in [2.75, 3.05) is 26.2 Å². The van der Waals surface area contributed by atoms with Gasteiger partial charge in [-0.25, -0.2) is 4.79 Å². The van der Waals surface area contributed by atoms with Gasteiger partial charge in [0.15, 0.2) is 5.76 Å². The summed E-state index contributed by atoms with van der Waals surface area (Å²) in [6, 6.07) is 15.1. The Labute approximate surface area is 209 Å². The average Bonchev–Trinajstić information content (AvgIpc) is 3.45. The number of benzene rings is 2. The molecule has 8 nitrogen and oxygen atoms in total. The largest absolute Gasteiger partial charge is 0.492 e. The number of likely N-dealkylation sites (tertiary alicyclic amines) is 1. The van der Waals surface area contributed by atoms with Gasteiger partial charge in [-0.15, -0.1) is 0 Å². The van der Waals surface area contributed by atoms with Crippen LogP contribution in [0.3, 0.4) is 0 Å². The number of furan rings is 1. The molecule has 1 aromatic heterocycles. The smallest absolute Gasteiger partial charge is 0.490 e. The van der Waals surface area contributed by atoms with Crippen molar-refractivity contribution >= 4 is 28.7 Å². The molecule has 0 unspecified atom stereocenters. The van der Waals surface area contributed by atoms with Gasteiger partial charge < -0.3 is 24.3 Å². The second-order valence-corrected chi connectivity index (χ2v) is 9.05. The molecule has 1 spiro atoms.